The molecule has 2 fully saturated rings. The second kappa shape index (κ2) is 6.61. The molecule has 2 atom stereocenters. The maximum atomic E-state index is 5.64. The van der Waals surface area contributed by atoms with E-state index in [0.717, 1.165) is 5.92 Å². The molecule has 0 spiro atoms. The molecule has 0 saturated heterocycles. The minimum Gasteiger partial charge on any atom is -0.380 e. The largest absolute Gasteiger partial charge is 0.380 e. The van der Waals surface area contributed by atoms with Crippen molar-refractivity contribution in [3.63, 3.8) is 0 Å². The number of hydrogen-bond acceptors (Lipinski definition) is 2. The monoisotopic (exact) mass is 225 g/mol. The summed E-state index contributed by atoms with van der Waals surface area (Å²) >= 11 is 0. The first-order valence-electron chi connectivity index (χ1n) is 7.16. The van der Waals surface area contributed by atoms with E-state index in [9.17, 15) is 0 Å². The Balaban J connectivity index is 1.75. The molecule has 2 aliphatic carbocycles. The first-order valence-corrected chi connectivity index (χ1v) is 7.16. The van der Waals surface area contributed by atoms with Crippen LogP contribution in [0.4, 0.5) is 0 Å². The van der Waals surface area contributed by atoms with Crippen molar-refractivity contribution in [2.45, 2.75) is 69.9 Å². The summed E-state index contributed by atoms with van der Waals surface area (Å²) in [4.78, 5) is 0. The SMILES string of the molecule is COC1CCCCCC1NCC1CCCC1. The topological polar surface area (TPSA) is 21.3 Å². The molecule has 16 heavy (non-hydrogen) atoms. The lowest BCUT2D eigenvalue weighted by molar-refractivity contribution is 0.0618. The first-order chi connectivity index (χ1) is 7.90. The van der Waals surface area contributed by atoms with Gasteiger partial charge in [-0.25, -0.2) is 0 Å². The fraction of sp³-hybridized carbons (Fsp3) is 1.00. The minimum atomic E-state index is 0.462. The van der Waals surface area contributed by atoms with Gasteiger partial charge in [0.25, 0.3) is 0 Å². The highest BCUT2D eigenvalue weighted by molar-refractivity contribution is 4.81. The van der Waals surface area contributed by atoms with Crippen LogP contribution in [0.15, 0.2) is 0 Å². The van der Waals surface area contributed by atoms with Crippen molar-refractivity contribution in [1.82, 2.24) is 5.32 Å². The van der Waals surface area contributed by atoms with Crippen LogP contribution in [0.25, 0.3) is 0 Å². The Morgan fingerprint density at radius 2 is 1.62 bits per heavy atom. The molecule has 0 aliphatic heterocycles. The van der Waals surface area contributed by atoms with Crippen LogP contribution in [-0.4, -0.2) is 25.8 Å². The highest BCUT2D eigenvalue weighted by atomic mass is 16.5. The predicted molar refractivity (Wildman–Crippen MR) is 67.6 cm³/mol. The Morgan fingerprint density at radius 1 is 0.938 bits per heavy atom. The summed E-state index contributed by atoms with van der Waals surface area (Å²) < 4.78 is 5.64. The van der Waals surface area contributed by atoms with Gasteiger partial charge in [-0.2, -0.15) is 0 Å². The van der Waals surface area contributed by atoms with E-state index in [2.05, 4.69) is 5.32 Å². The fourth-order valence-electron chi connectivity index (χ4n) is 3.32. The zero-order valence-corrected chi connectivity index (χ0v) is 10.7. The van der Waals surface area contributed by atoms with Gasteiger partial charge in [-0.1, -0.05) is 32.1 Å². The second-order valence-corrected chi connectivity index (χ2v) is 5.58. The van der Waals surface area contributed by atoms with Gasteiger partial charge in [-0.15, -0.1) is 0 Å². The number of hydrogen-bond donors (Lipinski definition) is 1. The molecule has 0 radical (unpaired) electrons. The summed E-state index contributed by atoms with van der Waals surface area (Å²) in [5.41, 5.74) is 0. The van der Waals surface area contributed by atoms with Crippen LogP contribution in [-0.2, 0) is 4.74 Å². The third kappa shape index (κ3) is 3.46. The van der Waals surface area contributed by atoms with Gasteiger partial charge in [0.2, 0.25) is 0 Å². The predicted octanol–water partition coefficient (Wildman–Crippen LogP) is 3.11. The van der Waals surface area contributed by atoms with E-state index in [1.807, 2.05) is 7.11 Å². The summed E-state index contributed by atoms with van der Waals surface area (Å²) in [6.07, 6.45) is 12.9. The number of methoxy groups -OCH3 is 1. The van der Waals surface area contributed by atoms with Crippen LogP contribution in [0.2, 0.25) is 0 Å². The van der Waals surface area contributed by atoms with Crippen molar-refractivity contribution in [2.75, 3.05) is 13.7 Å². The molecule has 0 bridgehead atoms. The Kier molecular flexibility index (Phi) is 5.11. The van der Waals surface area contributed by atoms with Crippen LogP contribution in [0.1, 0.15) is 57.8 Å². The molecule has 2 heteroatoms. The van der Waals surface area contributed by atoms with E-state index in [1.165, 1.54) is 64.3 Å². The molecule has 2 aliphatic rings. The zero-order valence-electron chi connectivity index (χ0n) is 10.7. The molecule has 0 aromatic heterocycles. The van der Waals surface area contributed by atoms with Gasteiger partial charge in [0.15, 0.2) is 0 Å². The molecule has 0 aromatic carbocycles. The van der Waals surface area contributed by atoms with Crippen molar-refractivity contribution in [1.29, 1.82) is 0 Å². The summed E-state index contributed by atoms with van der Waals surface area (Å²) in [6.45, 7) is 1.23. The van der Waals surface area contributed by atoms with Crippen molar-refractivity contribution in [3.05, 3.63) is 0 Å². The van der Waals surface area contributed by atoms with Crippen LogP contribution < -0.4 is 5.32 Å². The molecular formula is C14H27NO. The summed E-state index contributed by atoms with van der Waals surface area (Å²) in [6, 6.07) is 0.619. The lowest BCUT2D eigenvalue weighted by Crippen LogP contribution is -2.42. The Labute approximate surface area is 100 Å². The smallest absolute Gasteiger partial charge is 0.0724 e. The molecule has 2 rings (SSSR count). The van der Waals surface area contributed by atoms with E-state index < -0.39 is 0 Å². The van der Waals surface area contributed by atoms with Crippen molar-refractivity contribution >= 4 is 0 Å². The van der Waals surface area contributed by atoms with Gasteiger partial charge in [0, 0.05) is 13.2 Å². The number of nitrogens with one attached hydrogen (secondary N) is 1. The molecule has 2 saturated carbocycles. The third-order valence-electron chi connectivity index (χ3n) is 4.40. The summed E-state index contributed by atoms with van der Waals surface area (Å²) in [7, 11) is 1.88. The van der Waals surface area contributed by atoms with Crippen molar-refractivity contribution in [3.8, 4) is 0 Å². The molecule has 0 heterocycles. The molecule has 2 unspecified atom stereocenters. The molecule has 94 valence electrons. The molecule has 2 nitrogen and oxygen atoms in total. The van der Waals surface area contributed by atoms with Crippen LogP contribution >= 0.6 is 0 Å². The van der Waals surface area contributed by atoms with E-state index in [4.69, 9.17) is 4.74 Å². The highest BCUT2D eigenvalue weighted by Gasteiger charge is 2.24. The van der Waals surface area contributed by atoms with E-state index in [-0.39, 0.29) is 0 Å². The Hall–Kier alpha value is -0.0800. The number of ether oxygens (including phenoxy) is 1. The van der Waals surface area contributed by atoms with Gasteiger partial charge >= 0.3 is 0 Å². The standard InChI is InChI=1S/C14H27NO/c1-16-14-10-4-2-3-9-13(14)15-11-12-7-5-6-8-12/h12-15H,2-11H2,1H3. The summed E-state index contributed by atoms with van der Waals surface area (Å²) in [5.74, 6) is 0.945. The van der Waals surface area contributed by atoms with Crippen LogP contribution in [0.5, 0.6) is 0 Å². The Bertz CT molecular complexity index is 189. The molecule has 0 amide bonds. The lowest BCUT2D eigenvalue weighted by atomic mass is 10.0. The van der Waals surface area contributed by atoms with Crippen LogP contribution in [0, 0.1) is 5.92 Å². The zero-order chi connectivity index (χ0) is 11.2. The maximum Gasteiger partial charge on any atom is 0.0724 e. The maximum absolute atomic E-state index is 5.64. The van der Waals surface area contributed by atoms with E-state index in [1.54, 1.807) is 0 Å². The highest BCUT2D eigenvalue weighted by Crippen LogP contribution is 2.25. The van der Waals surface area contributed by atoms with E-state index >= 15 is 0 Å². The van der Waals surface area contributed by atoms with Gasteiger partial charge < -0.3 is 10.1 Å². The fourth-order valence-corrected chi connectivity index (χ4v) is 3.32. The van der Waals surface area contributed by atoms with Gasteiger partial charge in [0.05, 0.1) is 6.10 Å². The minimum absolute atomic E-state index is 0.462. The average molecular weight is 225 g/mol. The van der Waals surface area contributed by atoms with Gasteiger partial charge in [-0.05, 0) is 38.1 Å². The average Bonchev–Trinajstić information content (AvgIpc) is 2.71. The third-order valence-corrected chi connectivity index (χ3v) is 4.40. The van der Waals surface area contributed by atoms with E-state index in [0.29, 0.717) is 12.1 Å². The Morgan fingerprint density at radius 3 is 2.38 bits per heavy atom. The quantitative estimate of drug-likeness (QED) is 0.742. The van der Waals surface area contributed by atoms with Crippen LogP contribution in [0.3, 0.4) is 0 Å². The second-order valence-electron chi connectivity index (χ2n) is 5.58. The normalized spacial score (nSPS) is 32.8. The van der Waals surface area contributed by atoms with Crippen molar-refractivity contribution < 1.29 is 4.74 Å². The van der Waals surface area contributed by atoms with Gasteiger partial charge in [0.1, 0.15) is 0 Å². The summed E-state index contributed by atoms with van der Waals surface area (Å²) in [5, 5.41) is 3.78. The number of rotatable bonds is 4. The van der Waals surface area contributed by atoms with Crippen molar-refractivity contribution in [2.24, 2.45) is 5.92 Å². The first kappa shape index (κ1) is 12.4. The molecule has 1 N–H and O–H groups in total. The molecule has 0 aromatic rings. The molecular weight excluding hydrogens is 198 g/mol. The lowest BCUT2D eigenvalue weighted by Gasteiger charge is -2.26. The van der Waals surface area contributed by atoms with Gasteiger partial charge in [-0.3, -0.25) is 0 Å².